The number of aromatic nitrogens is 1. The van der Waals surface area contributed by atoms with E-state index in [0.29, 0.717) is 16.9 Å². The van der Waals surface area contributed by atoms with Gasteiger partial charge in [-0.3, -0.25) is 0 Å². The summed E-state index contributed by atoms with van der Waals surface area (Å²) in [6.45, 7) is 0. The van der Waals surface area contributed by atoms with Gasteiger partial charge in [0.05, 0.1) is 0 Å². The Balaban J connectivity index is 2.37. The lowest BCUT2D eigenvalue weighted by Gasteiger charge is -2.15. The summed E-state index contributed by atoms with van der Waals surface area (Å²) in [4.78, 5) is 3.82. The van der Waals surface area contributed by atoms with Crippen molar-refractivity contribution in [2.45, 2.75) is 12.5 Å². The summed E-state index contributed by atoms with van der Waals surface area (Å²) < 4.78 is 54.1. The summed E-state index contributed by atoms with van der Waals surface area (Å²) in [7, 11) is 0. The van der Waals surface area contributed by atoms with E-state index >= 15 is 0 Å². The van der Waals surface area contributed by atoms with Crippen molar-refractivity contribution in [3.05, 3.63) is 30.3 Å². The SMILES string of the molecule is Nc1nc(-c2ccccc2)c(OC(F)(F)C(F)F)s1. The fourth-order valence-corrected chi connectivity index (χ4v) is 2.08. The average molecular weight is 292 g/mol. The van der Waals surface area contributed by atoms with E-state index in [4.69, 9.17) is 5.73 Å². The van der Waals surface area contributed by atoms with E-state index in [1.165, 1.54) is 0 Å². The first-order chi connectivity index (χ1) is 8.90. The standard InChI is InChI=1S/C11H8F4N2OS/c12-9(13)11(14,15)18-8-7(17-10(16)19-8)6-4-2-1-3-5-6/h1-5,9H,(H2,16,17). The number of hydrogen-bond acceptors (Lipinski definition) is 4. The number of alkyl halides is 4. The Morgan fingerprint density at radius 3 is 2.42 bits per heavy atom. The summed E-state index contributed by atoms with van der Waals surface area (Å²) in [5.41, 5.74) is 5.88. The molecule has 3 nitrogen and oxygen atoms in total. The molecule has 0 aliphatic rings. The van der Waals surface area contributed by atoms with Crippen molar-refractivity contribution >= 4 is 16.5 Å². The summed E-state index contributed by atoms with van der Waals surface area (Å²) >= 11 is 0.585. The number of anilines is 1. The van der Waals surface area contributed by atoms with Crippen molar-refractivity contribution in [3.63, 3.8) is 0 Å². The smallest absolute Gasteiger partial charge is 0.416 e. The van der Waals surface area contributed by atoms with Crippen LogP contribution in [0.3, 0.4) is 0 Å². The number of halogens is 4. The van der Waals surface area contributed by atoms with Gasteiger partial charge in [0.15, 0.2) is 5.13 Å². The molecule has 2 N–H and O–H groups in total. The molecule has 0 unspecified atom stereocenters. The Labute approximate surface area is 109 Å². The van der Waals surface area contributed by atoms with Gasteiger partial charge in [0, 0.05) is 5.56 Å². The van der Waals surface area contributed by atoms with Crippen LogP contribution in [-0.2, 0) is 0 Å². The molecule has 2 aromatic rings. The van der Waals surface area contributed by atoms with Crippen molar-refractivity contribution in [2.75, 3.05) is 5.73 Å². The molecule has 0 aliphatic heterocycles. The van der Waals surface area contributed by atoms with E-state index in [9.17, 15) is 17.6 Å². The zero-order valence-corrected chi connectivity index (χ0v) is 10.1. The van der Waals surface area contributed by atoms with E-state index in [1.54, 1.807) is 30.3 Å². The normalized spacial score (nSPS) is 11.8. The maximum atomic E-state index is 12.9. The molecular formula is C11H8F4N2OS. The van der Waals surface area contributed by atoms with Gasteiger partial charge in [-0.1, -0.05) is 41.7 Å². The van der Waals surface area contributed by atoms with Crippen LogP contribution < -0.4 is 10.5 Å². The van der Waals surface area contributed by atoms with E-state index < -0.39 is 17.6 Å². The van der Waals surface area contributed by atoms with Crippen LogP contribution in [0.2, 0.25) is 0 Å². The lowest BCUT2D eigenvalue weighted by atomic mass is 10.2. The average Bonchev–Trinajstić information content (AvgIpc) is 2.70. The molecule has 1 aromatic heterocycles. The molecular weight excluding hydrogens is 284 g/mol. The van der Waals surface area contributed by atoms with Crippen LogP contribution in [0.1, 0.15) is 0 Å². The van der Waals surface area contributed by atoms with Crippen molar-refractivity contribution in [1.82, 2.24) is 4.98 Å². The number of hydrogen-bond donors (Lipinski definition) is 1. The predicted molar refractivity (Wildman–Crippen MR) is 63.5 cm³/mol. The van der Waals surface area contributed by atoms with Crippen molar-refractivity contribution in [2.24, 2.45) is 0 Å². The maximum Gasteiger partial charge on any atom is 0.461 e. The molecule has 0 amide bonds. The van der Waals surface area contributed by atoms with Gasteiger partial charge in [-0.05, 0) is 0 Å². The first-order valence-electron chi connectivity index (χ1n) is 5.07. The van der Waals surface area contributed by atoms with E-state index in [1.807, 2.05) is 0 Å². The number of nitrogens with zero attached hydrogens (tertiary/aromatic N) is 1. The molecule has 2 rings (SSSR count). The summed E-state index contributed by atoms with van der Waals surface area (Å²) in [5, 5.41) is -0.479. The second-order valence-electron chi connectivity index (χ2n) is 3.52. The number of thiazole rings is 1. The van der Waals surface area contributed by atoms with Crippen molar-refractivity contribution in [3.8, 4) is 16.3 Å². The van der Waals surface area contributed by atoms with Gasteiger partial charge in [0.25, 0.3) is 0 Å². The lowest BCUT2D eigenvalue weighted by Crippen LogP contribution is -2.33. The van der Waals surface area contributed by atoms with Gasteiger partial charge in [-0.2, -0.15) is 17.6 Å². The Bertz CT molecular complexity index is 559. The van der Waals surface area contributed by atoms with Crippen LogP contribution in [0.25, 0.3) is 11.3 Å². The quantitative estimate of drug-likeness (QED) is 0.875. The molecule has 102 valence electrons. The van der Waals surface area contributed by atoms with Gasteiger partial charge in [-0.15, -0.1) is 0 Å². The minimum absolute atomic E-state index is 0.0171. The molecule has 0 saturated heterocycles. The van der Waals surface area contributed by atoms with Crippen LogP contribution >= 0.6 is 11.3 Å². The van der Waals surface area contributed by atoms with Gasteiger partial charge < -0.3 is 10.5 Å². The number of nitrogens with two attached hydrogens (primary N) is 1. The third kappa shape index (κ3) is 2.95. The highest BCUT2D eigenvalue weighted by Crippen LogP contribution is 2.40. The fourth-order valence-electron chi connectivity index (χ4n) is 1.34. The molecule has 0 radical (unpaired) electrons. The molecule has 19 heavy (non-hydrogen) atoms. The third-order valence-corrected chi connectivity index (χ3v) is 2.91. The Kier molecular flexibility index (Phi) is 3.61. The van der Waals surface area contributed by atoms with E-state index in [2.05, 4.69) is 9.72 Å². The lowest BCUT2D eigenvalue weighted by molar-refractivity contribution is -0.251. The first-order valence-corrected chi connectivity index (χ1v) is 5.88. The second-order valence-corrected chi connectivity index (χ2v) is 4.51. The Hall–Kier alpha value is -1.83. The largest absolute Gasteiger partial charge is 0.461 e. The summed E-state index contributed by atoms with van der Waals surface area (Å²) in [6.07, 6.45) is -8.51. The molecule has 0 saturated carbocycles. The molecule has 0 aliphatic carbocycles. The van der Waals surface area contributed by atoms with Crippen LogP contribution in [0, 0.1) is 0 Å². The third-order valence-electron chi connectivity index (χ3n) is 2.14. The van der Waals surface area contributed by atoms with Crippen molar-refractivity contribution < 1.29 is 22.3 Å². The minimum Gasteiger partial charge on any atom is -0.416 e. The van der Waals surface area contributed by atoms with Crippen LogP contribution in [-0.4, -0.2) is 17.5 Å². The van der Waals surface area contributed by atoms with Gasteiger partial charge in [0.2, 0.25) is 5.06 Å². The molecule has 1 aromatic carbocycles. The molecule has 0 spiro atoms. The number of ether oxygens (including phenoxy) is 1. The maximum absolute atomic E-state index is 12.9. The summed E-state index contributed by atoms with van der Waals surface area (Å²) in [5.74, 6) is 0. The van der Waals surface area contributed by atoms with E-state index in [0.717, 1.165) is 0 Å². The molecule has 0 fully saturated rings. The molecule has 0 bridgehead atoms. The molecule has 0 atom stereocenters. The Morgan fingerprint density at radius 2 is 1.84 bits per heavy atom. The predicted octanol–water partition coefficient (Wildman–Crippen LogP) is 3.63. The number of benzene rings is 1. The monoisotopic (exact) mass is 292 g/mol. The highest BCUT2D eigenvalue weighted by Gasteiger charge is 2.45. The highest BCUT2D eigenvalue weighted by molar-refractivity contribution is 7.17. The number of nitrogen functional groups attached to an aromatic ring is 1. The molecule has 8 heteroatoms. The zero-order valence-electron chi connectivity index (χ0n) is 9.32. The van der Waals surface area contributed by atoms with Crippen LogP contribution in [0.5, 0.6) is 5.06 Å². The van der Waals surface area contributed by atoms with Crippen LogP contribution in [0.4, 0.5) is 22.7 Å². The summed E-state index contributed by atoms with van der Waals surface area (Å²) in [6, 6.07) is 8.19. The van der Waals surface area contributed by atoms with Gasteiger partial charge >= 0.3 is 12.5 Å². The number of rotatable bonds is 4. The minimum atomic E-state index is -4.58. The highest BCUT2D eigenvalue weighted by atomic mass is 32.1. The molecule has 1 heterocycles. The van der Waals surface area contributed by atoms with Crippen LogP contribution in [0.15, 0.2) is 30.3 Å². The second kappa shape index (κ2) is 5.04. The van der Waals surface area contributed by atoms with Gasteiger partial charge in [-0.25, -0.2) is 4.98 Å². The Morgan fingerprint density at radius 1 is 1.21 bits per heavy atom. The van der Waals surface area contributed by atoms with Crippen molar-refractivity contribution in [1.29, 1.82) is 0 Å². The first kappa shape index (κ1) is 13.6. The van der Waals surface area contributed by atoms with Gasteiger partial charge in [0.1, 0.15) is 5.69 Å². The van der Waals surface area contributed by atoms with E-state index in [-0.39, 0.29) is 10.8 Å². The zero-order chi connectivity index (χ0) is 14.0. The fraction of sp³-hybridized carbons (Fsp3) is 0.182. The topological polar surface area (TPSA) is 48.1 Å².